The predicted octanol–water partition coefficient (Wildman–Crippen LogP) is 3.92. The van der Waals surface area contributed by atoms with E-state index in [1.807, 2.05) is 26.0 Å². The lowest BCUT2D eigenvalue weighted by molar-refractivity contribution is -0.274. The molecule has 0 aliphatic rings. The number of nitrogens with one attached hydrogen (secondary N) is 2. The molecule has 176 valence electrons. The van der Waals surface area contributed by atoms with Crippen LogP contribution in [-0.2, 0) is 14.8 Å². The Labute approximate surface area is 185 Å². The number of carbonyl (C=O) groups excluding carboxylic acids is 1. The molecule has 2 aromatic carbocycles. The molecule has 2 N–H and O–H groups in total. The minimum Gasteiger partial charge on any atom is -0.491 e. The van der Waals surface area contributed by atoms with Crippen LogP contribution in [0.4, 0.5) is 13.2 Å². The van der Waals surface area contributed by atoms with Gasteiger partial charge in [0.05, 0.1) is 17.0 Å². The maximum Gasteiger partial charge on any atom is 0.573 e. The molecule has 0 aliphatic carbocycles. The Morgan fingerprint density at radius 2 is 1.53 bits per heavy atom. The molecule has 0 bridgehead atoms. The van der Waals surface area contributed by atoms with Crippen molar-refractivity contribution in [2.24, 2.45) is 0 Å². The highest BCUT2D eigenvalue weighted by molar-refractivity contribution is 7.89. The first-order valence-corrected chi connectivity index (χ1v) is 11.3. The molecule has 11 heteroatoms. The molecule has 1 atom stereocenters. The minimum absolute atomic E-state index is 0.0490. The van der Waals surface area contributed by atoms with E-state index in [0.717, 1.165) is 35.6 Å². The number of hydrogen-bond acceptors (Lipinski definition) is 5. The van der Waals surface area contributed by atoms with E-state index in [9.17, 15) is 26.4 Å². The molecule has 1 unspecified atom stereocenters. The average Bonchev–Trinajstić information content (AvgIpc) is 2.67. The van der Waals surface area contributed by atoms with E-state index in [1.165, 1.54) is 0 Å². The molecule has 1 amide bonds. The van der Waals surface area contributed by atoms with Gasteiger partial charge in [-0.05, 0) is 62.7 Å². The first-order chi connectivity index (χ1) is 14.9. The SMILES string of the molecule is CC(C)Oc1ccc(C(C)NC(=O)CCNS(=O)(=O)c2ccc(OC(F)(F)F)cc2)cc1. The van der Waals surface area contributed by atoms with E-state index in [1.54, 1.807) is 19.1 Å². The second-order valence-electron chi connectivity index (χ2n) is 7.19. The van der Waals surface area contributed by atoms with Gasteiger partial charge in [0.2, 0.25) is 15.9 Å². The summed E-state index contributed by atoms with van der Waals surface area (Å²) in [7, 11) is -3.99. The first-order valence-electron chi connectivity index (χ1n) is 9.77. The zero-order chi connectivity index (χ0) is 23.9. The van der Waals surface area contributed by atoms with Crippen molar-refractivity contribution in [3.63, 3.8) is 0 Å². The summed E-state index contributed by atoms with van der Waals surface area (Å²) in [5.41, 5.74) is 0.858. The molecule has 2 rings (SSSR count). The molecule has 0 saturated carbocycles. The van der Waals surface area contributed by atoms with E-state index >= 15 is 0 Å². The number of hydrogen-bond donors (Lipinski definition) is 2. The largest absolute Gasteiger partial charge is 0.573 e. The van der Waals surface area contributed by atoms with Gasteiger partial charge in [-0.1, -0.05) is 12.1 Å². The number of benzene rings is 2. The van der Waals surface area contributed by atoms with E-state index < -0.39 is 22.1 Å². The van der Waals surface area contributed by atoms with Gasteiger partial charge >= 0.3 is 6.36 Å². The number of amides is 1. The summed E-state index contributed by atoms with van der Waals surface area (Å²) >= 11 is 0. The van der Waals surface area contributed by atoms with Crippen LogP contribution < -0.4 is 19.5 Å². The number of ether oxygens (including phenoxy) is 2. The standard InChI is InChI=1S/C21H25F3N2O5S/c1-14(2)30-17-6-4-16(5-7-17)15(3)26-20(27)12-13-25-32(28,29)19-10-8-18(9-11-19)31-21(22,23)24/h4-11,14-15,25H,12-13H2,1-3H3,(H,26,27). The highest BCUT2D eigenvalue weighted by atomic mass is 32.2. The van der Waals surface area contributed by atoms with Crippen molar-refractivity contribution in [2.75, 3.05) is 6.54 Å². The van der Waals surface area contributed by atoms with Crippen LogP contribution in [0.15, 0.2) is 53.4 Å². The summed E-state index contributed by atoms with van der Waals surface area (Å²) in [6.45, 7) is 5.46. The lowest BCUT2D eigenvalue weighted by Crippen LogP contribution is -2.32. The molecule has 0 heterocycles. The lowest BCUT2D eigenvalue weighted by atomic mass is 10.1. The Kier molecular flexibility index (Phi) is 8.51. The number of rotatable bonds is 10. The molecule has 0 spiro atoms. The third-order valence-corrected chi connectivity index (χ3v) is 5.62. The van der Waals surface area contributed by atoms with E-state index in [0.29, 0.717) is 0 Å². The van der Waals surface area contributed by atoms with Crippen molar-refractivity contribution in [1.29, 1.82) is 0 Å². The number of sulfonamides is 1. The van der Waals surface area contributed by atoms with Gasteiger partial charge < -0.3 is 14.8 Å². The lowest BCUT2D eigenvalue weighted by Gasteiger charge is -2.16. The average molecular weight is 475 g/mol. The third kappa shape index (κ3) is 8.39. The van der Waals surface area contributed by atoms with Crippen molar-refractivity contribution in [3.05, 3.63) is 54.1 Å². The molecule has 32 heavy (non-hydrogen) atoms. The second kappa shape index (κ2) is 10.7. The van der Waals surface area contributed by atoms with Gasteiger partial charge in [0.25, 0.3) is 0 Å². The van der Waals surface area contributed by atoms with E-state index in [2.05, 4.69) is 14.8 Å². The van der Waals surface area contributed by atoms with Gasteiger partial charge in [0, 0.05) is 13.0 Å². The van der Waals surface area contributed by atoms with Gasteiger partial charge in [-0.2, -0.15) is 0 Å². The summed E-state index contributed by atoms with van der Waals surface area (Å²) < 4.78 is 72.6. The van der Waals surface area contributed by atoms with Crippen molar-refractivity contribution in [2.45, 2.75) is 50.6 Å². The van der Waals surface area contributed by atoms with Crippen molar-refractivity contribution < 1.29 is 35.9 Å². The van der Waals surface area contributed by atoms with Gasteiger partial charge in [0.15, 0.2) is 0 Å². The van der Waals surface area contributed by atoms with Crippen LogP contribution in [0, 0.1) is 0 Å². The molecule has 0 saturated heterocycles. The Bertz CT molecular complexity index is 992. The Balaban J connectivity index is 1.83. The summed E-state index contributed by atoms with van der Waals surface area (Å²) in [4.78, 5) is 11.9. The Morgan fingerprint density at radius 3 is 2.06 bits per heavy atom. The highest BCUT2D eigenvalue weighted by Crippen LogP contribution is 2.24. The molecule has 0 fully saturated rings. The molecule has 0 aromatic heterocycles. The monoisotopic (exact) mass is 474 g/mol. The molecular formula is C21H25F3N2O5S. The van der Waals surface area contributed by atoms with Gasteiger partial charge in [-0.3, -0.25) is 4.79 Å². The van der Waals surface area contributed by atoms with Crippen LogP contribution in [0.25, 0.3) is 0 Å². The number of alkyl halides is 3. The van der Waals surface area contributed by atoms with Crippen molar-refractivity contribution in [1.82, 2.24) is 10.0 Å². The summed E-state index contributed by atoms with van der Waals surface area (Å²) in [5.74, 6) is -0.181. The van der Waals surface area contributed by atoms with Crippen LogP contribution in [0.5, 0.6) is 11.5 Å². The van der Waals surface area contributed by atoms with Crippen molar-refractivity contribution >= 4 is 15.9 Å². The quantitative estimate of drug-likeness (QED) is 0.545. The molecule has 2 aromatic rings. The molecule has 0 radical (unpaired) electrons. The van der Waals surface area contributed by atoms with Gasteiger partial charge in [-0.15, -0.1) is 13.2 Å². The molecule has 0 aliphatic heterocycles. The predicted molar refractivity (Wildman–Crippen MR) is 112 cm³/mol. The fourth-order valence-electron chi connectivity index (χ4n) is 2.71. The fraction of sp³-hybridized carbons (Fsp3) is 0.381. The maximum atomic E-state index is 12.2. The maximum absolute atomic E-state index is 12.2. The summed E-state index contributed by atoms with van der Waals surface area (Å²) in [6.07, 6.45) is -4.94. The Morgan fingerprint density at radius 1 is 0.969 bits per heavy atom. The van der Waals surface area contributed by atoms with Crippen LogP contribution in [-0.4, -0.2) is 33.3 Å². The van der Waals surface area contributed by atoms with Crippen LogP contribution >= 0.6 is 0 Å². The van der Waals surface area contributed by atoms with E-state index in [4.69, 9.17) is 4.74 Å². The Hall–Kier alpha value is -2.79. The first kappa shape index (κ1) is 25.5. The van der Waals surface area contributed by atoms with Gasteiger partial charge in [-0.25, -0.2) is 13.1 Å². The molecule has 7 nitrogen and oxygen atoms in total. The van der Waals surface area contributed by atoms with Crippen LogP contribution in [0.1, 0.15) is 38.8 Å². The van der Waals surface area contributed by atoms with Crippen LogP contribution in [0.3, 0.4) is 0 Å². The minimum atomic E-state index is -4.87. The zero-order valence-corrected chi connectivity index (χ0v) is 18.6. The third-order valence-electron chi connectivity index (χ3n) is 4.14. The molecular weight excluding hydrogens is 449 g/mol. The van der Waals surface area contributed by atoms with Crippen molar-refractivity contribution in [3.8, 4) is 11.5 Å². The topological polar surface area (TPSA) is 93.7 Å². The number of carbonyl (C=O) groups is 1. The second-order valence-corrected chi connectivity index (χ2v) is 8.96. The smallest absolute Gasteiger partial charge is 0.491 e. The zero-order valence-electron chi connectivity index (χ0n) is 17.8. The summed E-state index contributed by atoms with van der Waals surface area (Å²) in [6, 6.07) is 10.7. The fourth-order valence-corrected chi connectivity index (χ4v) is 3.74. The van der Waals surface area contributed by atoms with Crippen LogP contribution in [0.2, 0.25) is 0 Å². The van der Waals surface area contributed by atoms with Gasteiger partial charge in [0.1, 0.15) is 11.5 Å². The normalized spacial score (nSPS) is 13.0. The number of halogens is 3. The van der Waals surface area contributed by atoms with E-state index in [-0.39, 0.29) is 35.9 Å². The summed E-state index contributed by atoms with van der Waals surface area (Å²) in [5, 5.41) is 2.77. The highest BCUT2D eigenvalue weighted by Gasteiger charge is 2.31.